The van der Waals surface area contributed by atoms with Crippen LogP contribution in [0.3, 0.4) is 0 Å². The van der Waals surface area contributed by atoms with Crippen molar-refractivity contribution in [2.75, 3.05) is 5.32 Å². The van der Waals surface area contributed by atoms with E-state index in [2.05, 4.69) is 20.4 Å². The van der Waals surface area contributed by atoms with Gasteiger partial charge < -0.3 is 5.32 Å². The Balaban J connectivity index is 1.70. The molecule has 2 aromatic heterocycles. The summed E-state index contributed by atoms with van der Waals surface area (Å²) in [7, 11) is 0. The quantitative estimate of drug-likeness (QED) is 0.800. The standard InChI is InChI=1S/C15H14FN5/c1-11-2-4-14(16)12(6-11)7-18-13-3-5-15(19-8-13)21-10-17-9-20-21/h2-6,8-10,18H,7H2,1H3. The second-order valence-corrected chi connectivity index (χ2v) is 4.69. The minimum Gasteiger partial charge on any atom is -0.380 e. The van der Waals surface area contributed by atoms with E-state index in [1.807, 2.05) is 25.1 Å². The van der Waals surface area contributed by atoms with Gasteiger partial charge in [0.25, 0.3) is 0 Å². The molecule has 2 heterocycles. The van der Waals surface area contributed by atoms with E-state index in [9.17, 15) is 4.39 Å². The molecule has 0 saturated carbocycles. The van der Waals surface area contributed by atoms with Crippen molar-refractivity contribution in [3.63, 3.8) is 0 Å². The molecule has 0 aliphatic rings. The average Bonchev–Trinajstić information content (AvgIpc) is 3.03. The number of aromatic nitrogens is 4. The molecule has 0 bridgehead atoms. The Labute approximate surface area is 121 Å². The highest BCUT2D eigenvalue weighted by atomic mass is 19.1. The maximum atomic E-state index is 13.6. The summed E-state index contributed by atoms with van der Waals surface area (Å²) in [4.78, 5) is 8.15. The molecular weight excluding hydrogens is 269 g/mol. The predicted octanol–water partition coefficient (Wildman–Crippen LogP) is 2.72. The van der Waals surface area contributed by atoms with Gasteiger partial charge >= 0.3 is 0 Å². The number of nitrogens with one attached hydrogen (secondary N) is 1. The molecule has 0 atom stereocenters. The summed E-state index contributed by atoms with van der Waals surface area (Å²) in [5, 5.41) is 7.16. The van der Waals surface area contributed by atoms with Crippen LogP contribution in [-0.2, 0) is 6.54 Å². The number of aryl methyl sites for hydroxylation is 1. The molecule has 21 heavy (non-hydrogen) atoms. The number of pyridine rings is 1. The highest BCUT2D eigenvalue weighted by molar-refractivity contribution is 5.44. The second-order valence-electron chi connectivity index (χ2n) is 4.69. The molecule has 0 amide bonds. The summed E-state index contributed by atoms with van der Waals surface area (Å²) in [5.41, 5.74) is 2.49. The third-order valence-electron chi connectivity index (χ3n) is 3.09. The zero-order valence-electron chi connectivity index (χ0n) is 11.5. The minimum absolute atomic E-state index is 0.208. The highest BCUT2D eigenvalue weighted by Crippen LogP contribution is 2.14. The monoisotopic (exact) mass is 283 g/mol. The van der Waals surface area contributed by atoms with E-state index in [0.29, 0.717) is 17.9 Å². The zero-order valence-corrected chi connectivity index (χ0v) is 11.5. The molecule has 5 nitrogen and oxygen atoms in total. The van der Waals surface area contributed by atoms with E-state index in [1.165, 1.54) is 12.4 Å². The lowest BCUT2D eigenvalue weighted by Gasteiger charge is -2.08. The maximum Gasteiger partial charge on any atom is 0.155 e. The molecule has 1 aromatic carbocycles. The van der Waals surface area contributed by atoms with Crippen LogP contribution >= 0.6 is 0 Å². The van der Waals surface area contributed by atoms with Crippen LogP contribution in [0.1, 0.15) is 11.1 Å². The van der Waals surface area contributed by atoms with E-state index in [4.69, 9.17) is 0 Å². The van der Waals surface area contributed by atoms with Crippen LogP contribution in [0.5, 0.6) is 0 Å². The maximum absolute atomic E-state index is 13.6. The van der Waals surface area contributed by atoms with Crippen molar-refractivity contribution >= 4 is 5.69 Å². The van der Waals surface area contributed by atoms with E-state index in [0.717, 1.165) is 11.3 Å². The van der Waals surface area contributed by atoms with Crippen molar-refractivity contribution in [3.05, 3.63) is 66.1 Å². The summed E-state index contributed by atoms with van der Waals surface area (Å²) in [6.45, 7) is 2.36. The lowest BCUT2D eigenvalue weighted by molar-refractivity contribution is 0.612. The normalized spacial score (nSPS) is 10.6. The Hall–Kier alpha value is -2.76. The molecule has 6 heteroatoms. The van der Waals surface area contributed by atoms with Gasteiger partial charge in [0.1, 0.15) is 18.5 Å². The summed E-state index contributed by atoms with van der Waals surface area (Å²) in [6.07, 6.45) is 4.72. The van der Waals surface area contributed by atoms with Crippen molar-refractivity contribution in [2.45, 2.75) is 13.5 Å². The molecule has 1 N–H and O–H groups in total. The summed E-state index contributed by atoms with van der Waals surface area (Å²) in [5.74, 6) is 0.472. The van der Waals surface area contributed by atoms with Gasteiger partial charge in [0, 0.05) is 12.1 Å². The van der Waals surface area contributed by atoms with Gasteiger partial charge in [0.15, 0.2) is 5.82 Å². The van der Waals surface area contributed by atoms with Gasteiger partial charge in [-0.1, -0.05) is 17.7 Å². The van der Waals surface area contributed by atoms with Crippen molar-refractivity contribution in [2.24, 2.45) is 0 Å². The Bertz CT molecular complexity index is 722. The van der Waals surface area contributed by atoms with Crippen molar-refractivity contribution < 1.29 is 4.39 Å². The Morgan fingerprint density at radius 3 is 2.86 bits per heavy atom. The topological polar surface area (TPSA) is 55.6 Å². The summed E-state index contributed by atoms with van der Waals surface area (Å²) < 4.78 is 15.2. The van der Waals surface area contributed by atoms with Crippen LogP contribution in [0.25, 0.3) is 5.82 Å². The molecule has 0 saturated heterocycles. The first kappa shape index (κ1) is 13.2. The van der Waals surface area contributed by atoms with Gasteiger partial charge in [0.05, 0.1) is 11.9 Å². The number of benzene rings is 1. The van der Waals surface area contributed by atoms with E-state index < -0.39 is 0 Å². The van der Waals surface area contributed by atoms with Crippen LogP contribution < -0.4 is 5.32 Å². The Kier molecular flexibility index (Phi) is 3.59. The number of rotatable bonds is 4. The molecule has 0 aliphatic carbocycles. The number of anilines is 1. The van der Waals surface area contributed by atoms with Crippen molar-refractivity contribution in [3.8, 4) is 5.82 Å². The first-order chi connectivity index (χ1) is 10.2. The molecule has 0 unspecified atom stereocenters. The fourth-order valence-corrected chi connectivity index (χ4v) is 1.99. The fourth-order valence-electron chi connectivity index (χ4n) is 1.99. The first-order valence-electron chi connectivity index (χ1n) is 6.52. The van der Waals surface area contributed by atoms with Crippen LogP contribution in [0.15, 0.2) is 49.2 Å². The fraction of sp³-hybridized carbons (Fsp3) is 0.133. The number of hydrogen-bond acceptors (Lipinski definition) is 4. The first-order valence-corrected chi connectivity index (χ1v) is 6.52. The van der Waals surface area contributed by atoms with Gasteiger partial charge in [-0.05, 0) is 25.1 Å². The highest BCUT2D eigenvalue weighted by Gasteiger charge is 2.03. The summed E-state index contributed by atoms with van der Waals surface area (Å²) >= 11 is 0. The van der Waals surface area contributed by atoms with Crippen molar-refractivity contribution in [1.82, 2.24) is 19.7 Å². The van der Waals surface area contributed by atoms with E-state index in [1.54, 1.807) is 23.3 Å². The largest absolute Gasteiger partial charge is 0.380 e. The SMILES string of the molecule is Cc1ccc(F)c(CNc2ccc(-n3cncn3)nc2)c1. The Morgan fingerprint density at radius 2 is 2.14 bits per heavy atom. The van der Waals surface area contributed by atoms with Crippen LogP contribution in [-0.4, -0.2) is 19.7 Å². The molecule has 3 aromatic rings. The number of nitrogens with zero attached hydrogens (tertiary/aromatic N) is 4. The van der Waals surface area contributed by atoms with Gasteiger partial charge in [-0.2, -0.15) is 5.10 Å². The summed E-state index contributed by atoms with van der Waals surface area (Å²) in [6, 6.07) is 8.77. The third kappa shape index (κ3) is 3.05. The lowest BCUT2D eigenvalue weighted by Crippen LogP contribution is -2.04. The molecular formula is C15H14FN5. The zero-order chi connectivity index (χ0) is 14.7. The second kappa shape index (κ2) is 5.70. The minimum atomic E-state index is -0.208. The average molecular weight is 283 g/mol. The smallest absolute Gasteiger partial charge is 0.155 e. The number of halogens is 1. The van der Waals surface area contributed by atoms with Crippen molar-refractivity contribution in [1.29, 1.82) is 0 Å². The number of hydrogen-bond donors (Lipinski definition) is 1. The van der Waals surface area contributed by atoms with E-state index in [-0.39, 0.29) is 5.82 Å². The van der Waals surface area contributed by atoms with Gasteiger partial charge in [-0.25, -0.2) is 19.0 Å². The van der Waals surface area contributed by atoms with Crippen LogP contribution in [0.4, 0.5) is 10.1 Å². The van der Waals surface area contributed by atoms with Crippen LogP contribution in [0, 0.1) is 12.7 Å². The predicted molar refractivity (Wildman–Crippen MR) is 77.6 cm³/mol. The molecule has 0 spiro atoms. The van der Waals surface area contributed by atoms with E-state index >= 15 is 0 Å². The molecule has 106 valence electrons. The molecule has 0 radical (unpaired) electrons. The molecule has 0 aliphatic heterocycles. The molecule has 3 rings (SSSR count). The van der Waals surface area contributed by atoms with Gasteiger partial charge in [-0.15, -0.1) is 0 Å². The van der Waals surface area contributed by atoms with Gasteiger partial charge in [-0.3, -0.25) is 0 Å². The third-order valence-corrected chi connectivity index (χ3v) is 3.09. The lowest BCUT2D eigenvalue weighted by atomic mass is 10.1. The Morgan fingerprint density at radius 1 is 1.24 bits per heavy atom. The van der Waals surface area contributed by atoms with Gasteiger partial charge in [0.2, 0.25) is 0 Å². The van der Waals surface area contributed by atoms with Crippen LogP contribution in [0.2, 0.25) is 0 Å². The molecule has 0 fully saturated rings.